The molecule has 230 valence electrons. The molecule has 11 heteroatoms. The molecule has 1 spiro atoms. The molecule has 0 amide bonds. The molecule has 4 fully saturated rings. The van der Waals surface area contributed by atoms with Crippen molar-refractivity contribution in [3.05, 3.63) is 36.3 Å². The van der Waals surface area contributed by atoms with Crippen molar-refractivity contribution in [2.45, 2.75) is 103 Å². The van der Waals surface area contributed by atoms with E-state index in [-0.39, 0.29) is 19.3 Å². The molecule has 2 saturated heterocycles. The Hall–Kier alpha value is -3.18. The van der Waals surface area contributed by atoms with Crippen LogP contribution in [0, 0.1) is 22.2 Å². The number of furan rings is 1. The summed E-state index contributed by atoms with van der Waals surface area (Å²) >= 11 is 0. The largest absolute Gasteiger partial charge is 0.472 e. The lowest BCUT2D eigenvalue weighted by atomic mass is 9.39. The first-order valence-corrected chi connectivity index (χ1v) is 14.2. The molecule has 2 bridgehead atoms. The molecule has 3 heterocycles. The van der Waals surface area contributed by atoms with E-state index < -0.39 is 81.7 Å². The van der Waals surface area contributed by atoms with E-state index in [0.717, 1.165) is 0 Å². The van der Waals surface area contributed by atoms with E-state index in [4.69, 9.17) is 28.1 Å². The number of methoxy groups -OCH3 is 1. The quantitative estimate of drug-likeness (QED) is 0.306. The van der Waals surface area contributed by atoms with Crippen LogP contribution >= 0.6 is 0 Å². The van der Waals surface area contributed by atoms with Gasteiger partial charge in [0.25, 0.3) is 0 Å². The minimum atomic E-state index is -1.48. The van der Waals surface area contributed by atoms with Gasteiger partial charge in [-0.1, -0.05) is 34.3 Å². The molecular formula is C31H40O11. The summed E-state index contributed by atoms with van der Waals surface area (Å²) in [6.07, 6.45) is -1.24. The highest BCUT2D eigenvalue weighted by Gasteiger charge is 2.81. The smallest absolute Gasteiger partial charge is 0.309 e. The van der Waals surface area contributed by atoms with Gasteiger partial charge in [0.2, 0.25) is 0 Å². The first kappa shape index (κ1) is 30.3. The minimum absolute atomic E-state index is 0.149. The summed E-state index contributed by atoms with van der Waals surface area (Å²) in [6, 6.07) is 1.72. The molecule has 1 aromatic rings. The van der Waals surface area contributed by atoms with Gasteiger partial charge in [-0.05, 0) is 35.8 Å². The van der Waals surface area contributed by atoms with Gasteiger partial charge in [0, 0.05) is 36.7 Å². The Kier molecular flexibility index (Phi) is 6.97. The van der Waals surface area contributed by atoms with Gasteiger partial charge in [-0.15, -0.1) is 0 Å². The van der Waals surface area contributed by atoms with Crippen molar-refractivity contribution in [1.82, 2.24) is 0 Å². The van der Waals surface area contributed by atoms with Gasteiger partial charge in [-0.25, -0.2) is 0 Å². The molecule has 9 atom stereocenters. The van der Waals surface area contributed by atoms with Crippen LogP contribution in [0.4, 0.5) is 0 Å². The molecule has 42 heavy (non-hydrogen) atoms. The van der Waals surface area contributed by atoms with Crippen LogP contribution in [0.3, 0.4) is 0 Å². The van der Waals surface area contributed by atoms with Crippen molar-refractivity contribution in [3.8, 4) is 0 Å². The maximum absolute atomic E-state index is 13.4. The van der Waals surface area contributed by atoms with Gasteiger partial charge in [0.05, 0.1) is 32.2 Å². The number of aliphatic hydroxyl groups is 1. The van der Waals surface area contributed by atoms with Crippen LogP contribution in [0.1, 0.15) is 78.9 Å². The van der Waals surface area contributed by atoms with E-state index in [9.17, 15) is 24.3 Å². The van der Waals surface area contributed by atoms with Crippen LogP contribution in [-0.2, 0) is 42.9 Å². The van der Waals surface area contributed by atoms with Crippen molar-refractivity contribution >= 4 is 23.9 Å². The molecule has 5 rings (SSSR count). The fraction of sp³-hybridized carbons (Fsp3) is 0.677. The van der Waals surface area contributed by atoms with Crippen LogP contribution in [-0.4, -0.2) is 65.6 Å². The zero-order valence-corrected chi connectivity index (χ0v) is 25.2. The summed E-state index contributed by atoms with van der Waals surface area (Å²) in [5.41, 5.74) is -5.21. The fourth-order valence-electron chi connectivity index (χ4n) is 8.85. The highest BCUT2D eigenvalue weighted by atomic mass is 16.6. The van der Waals surface area contributed by atoms with Gasteiger partial charge in [-0.3, -0.25) is 19.2 Å². The van der Waals surface area contributed by atoms with E-state index in [1.807, 2.05) is 13.8 Å². The van der Waals surface area contributed by atoms with Crippen molar-refractivity contribution in [2.75, 3.05) is 7.11 Å². The van der Waals surface area contributed by atoms with E-state index in [1.165, 1.54) is 33.5 Å². The number of hydrogen-bond donors (Lipinski definition) is 1. The van der Waals surface area contributed by atoms with Gasteiger partial charge in [-0.2, -0.15) is 0 Å². The van der Waals surface area contributed by atoms with Crippen molar-refractivity contribution in [3.63, 3.8) is 0 Å². The molecule has 0 aromatic carbocycles. The van der Waals surface area contributed by atoms with Gasteiger partial charge >= 0.3 is 23.9 Å². The third-order valence-corrected chi connectivity index (χ3v) is 11.0. The highest BCUT2D eigenvalue weighted by Crippen LogP contribution is 2.74. The number of fused-ring (bicyclic) bond motifs is 3. The van der Waals surface area contributed by atoms with Crippen LogP contribution in [0.5, 0.6) is 0 Å². The lowest BCUT2D eigenvalue weighted by Crippen LogP contribution is -2.82. The average molecular weight is 589 g/mol. The minimum Gasteiger partial charge on any atom is -0.472 e. The number of esters is 4. The van der Waals surface area contributed by atoms with Crippen LogP contribution in [0.25, 0.3) is 0 Å². The predicted octanol–water partition coefficient (Wildman–Crippen LogP) is 3.58. The SMILES string of the molecule is C=C1C23CC(=O)OC(c4ccoc4)C2(C)CCC1(OC(C)=O)C1(C)C(O3)C(OC(C)=O)C(O)C(C)(C)C1CC(=O)OC. The Balaban J connectivity index is 1.81. The highest BCUT2D eigenvalue weighted by molar-refractivity contribution is 5.76. The summed E-state index contributed by atoms with van der Waals surface area (Å²) in [7, 11) is 1.28. The third kappa shape index (κ3) is 3.78. The number of aliphatic hydroxyl groups excluding tert-OH is 1. The Morgan fingerprint density at radius 1 is 1.12 bits per heavy atom. The Labute approximate surface area is 244 Å². The molecule has 4 aliphatic rings. The first-order valence-electron chi connectivity index (χ1n) is 14.2. The van der Waals surface area contributed by atoms with Crippen molar-refractivity contribution in [1.29, 1.82) is 0 Å². The van der Waals surface area contributed by atoms with Gasteiger partial charge in [0.1, 0.15) is 23.4 Å². The number of hydrogen-bond acceptors (Lipinski definition) is 11. The zero-order chi connectivity index (χ0) is 31.0. The van der Waals surface area contributed by atoms with Crippen LogP contribution in [0.15, 0.2) is 35.2 Å². The Bertz CT molecular complexity index is 1320. The fourth-order valence-corrected chi connectivity index (χ4v) is 8.85. The monoisotopic (exact) mass is 588 g/mol. The number of carbonyl (C=O) groups excluding carboxylic acids is 4. The first-order chi connectivity index (χ1) is 19.5. The van der Waals surface area contributed by atoms with Gasteiger partial charge in [0.15, 0.2) is 6.10 Å². The maximum atomic E-state index is 13.4. The number of carbonyl (C=O) groups is 4. The second kappa shape index (κ2) is 9.67. The topological polar surface area (TPSA) is 148 Å². The Morgan fingerprint density at radius 3 is 2.38 bits per heavy atom. The van der Waals surface area contributed by atoms with Crippen LogP contribution in [0.2, 0.25) is 0 Å². The van der Waals surface area contributed by atoms with E-state index in [0.29, 0.717) is 17.6 Å². The van der Waals surface area contributed by atoms with E-state index in [2.05, 4.69) is 6.58 Å². The van der Waals surface area contributed by atoms with Crippen molar-refractivity contribution in [2.24, 2.45) is 22.2 Å². The van der Waals surface area contributed by atoms with Crippen LogP contribution < -0.4 is 0 Å². The lowest BCUT2D eigenvalue weighted by Gasteiger charge is -2.74. The average Bonchev–Trinajstić information content (AvgIpc) is 3.44. The summed E-state index contributed by atoms with van der Waals surface area (Å²) in [5.74, 6) is -3.04. The van der Waals surface area contributed by atoms with Gasteiger partial charge < -0.3 is 33.2 Å². The number of ether oxygens (including phenoxy) is 5. The summed E-state index contributed by atoms with van der Waals surface area (Å²) in [4.78, 5) is 51.7. The molecule has 9 unspecified atom stereocenters. The maximum Gasteiger partial charge on any atom is 0.309 e. The molecule has 2 saturated carbocycles. The standard InChI is InChI=1S/C31H40O11/c1-16-30(41-18(3)33)11-10-28(6)25(19-9-12-38-15-19)40-22(35)14-31(16,28)42-26-23(39-17(2)32)24(36)27(4,5)20(29(26,30)7)13-21(34)37-8/h9,12,15,20,23-26,36H,1,10-11,13-14H2,2-8H3. The second-order valence-electron chi connectivity index (χ2n) is 13.2. The van der Waals surface area contributed by atoms with E-state index in [1.54, 1.807) is 19.9 Å². The van der Waals surface area contributed by atoms with Crippen molar-refractivity contribution < 1.29 is 52.4 Å². The molecule has 0 radical (unpaired) electrons. The molecule has 1 aromatic heterocycles. The normalized spacial score (nSPS) is 42.0. The summed E-state index contributed by atoms with van der Waals surface area (Å²) in [6.45, 7) is 14.3. The number of rotatable bonds is 5. The molecule has 1 N–H and O–H groups in total. The third-order valence-electron chi connectivity index (χ3n) is 11.0. The molecule has 2 aliphatic carbocycles. The molecule has 11 nitrogen and oxygen atoms in total. The van der Waals surface area contributed by atoms with E-state index >= 15 is 0 Å². The number of cyclic esters (lactones) is 1. The molecule has 2 aliphatic heterocycles. The molecular weight excluding hydrogens is 548 g/mol. The lowest BCUT2D eigenvalue weighted by molar-refractivity contribution is -0.368. The second-order valence-corrected chi connectivity index (χ2v) is 13.2. The Morgan fingerprint density at radius 2 is 1.81 bits per heavy atom. The summed E-state index contributed by atoms with van der Waals surface area (Å²) in [5, 5.41) is 11.8. The predicted molar refractivity (Wildman–Crippen MR) is 144 cm³/mol. The summed E-state index contributed by atoms with van der Waals surface area (Å²) < 4.78 is 35.6. The zero-order valence-electron chi connectivity index (χ0n) is 25.2.